The fraction of sp³-hybridized carbons (Fsp3) is 0.100. The summed E-state index contributed by atoms with van der Waals surface area (Å²) in [5.41, 5.74) is 6.83. The summed E-state index contributed by atoms with van der Waals surface area (Å²) in [4.78, 5) is 4.02. The van der Waals surface area contributed by atoms with Gasteiger partial charge in [-0.25, -0.2) is 9.37 Å². The number of hydrogen-bond acceptors (Lipinski definition) is 4. The first-order chi connectivity index (χ1) is 7.15. The third-order valence-corrected chi connectivity index (χ3v) is 2.69. The summed E-state index contributed by atoms with van der Waals surface area (Å²) in [7, 11) is 0. The van der Waals surface area contributed by atoms with Gasteiger partial charge >= 0.3 is 0 Å². The molecule has 0 aliphatic carbocycles. The first-order valence-corrected chi connectivity index (χ1v) is 5.21. The average Bonchev–Trinajstić information content (AvgIpc) is 2.58. The Labute approximate surface area is 90.8 Å². The van der Waals surface area contributed by atoms with Gasteiger partial charge in [0, 0.05) is 5.69 Å². The van der Waals surface area contributed by atoms with Gasteiger partial charge in [0.05, 0.1) is 6.20 Å². The first kappa shape index (κ1) is 9.92. The summed E-state index contributed by atoms with van der Waals surface area (Å²) in [6, 6.07) is 4.96. The van der Waals surface area contributed by atoms with Gasteiger partial charge in [0.2, 0.25) is 0 Å². The minimum absolute atomic E-state index is 0.232. The maximum Gasteiger partial charge on any atom is 0.189 e. The fourth-order valence-electron chi connectivity index (χ4n) is 1.14. The molecule has 0 fully saturated rings. The first-order valence-electron chi connectivity index (χ1n) is 4.39. The zero-order valence-electron chi connectivity index (χ0n) is 8.12. The number of benzene rings is 1. The van der Waals surface area contributed by atoms with Gasteiger partial charge < -0.3 is 11.1 Å². The number of rotatable bonds is 2. The smallest absolute Gasteiger partial charge is 0.189 e. The Kier molecular flexibility index (Phi) is 2.55. The maximum atomic E-state index is 13.2. The Morgan fingerprint density at radius 1 is 1.47 bits per heavy atom. The van der Waals surface area contributed by atoms with Crippen molar-refractivity contribution >= 4 is 27.2 Å². The van der Waals surface area contributed by atoms with E-state index in [0.717, 1.165) is 0 Å². The van der Waals surface area contributed by atoms with E-state index in [0.29, 0.717) is 21.4 Å². The van der Waals surface area contributed by atoms with E-state index in [2.05, 4.69) is 10.3 Å². The molecule has 1 heterocycles. The number of nitrogen functional groups attached to an aromatic ring is 1. The Hall–Kier alpha value is -1.62. The van der Waals surface area contributed by atoms with Crippen LogP contribution in [-0.4, -0.2) is 4.98 Å². The molecule has 0 spiro atoms. The molecule has 0 saturated heterocycles. The lowest BCUT2D eigenvalue weighted by Gasteiger charge is -2.03. The number of thiazole rings is 1. The van der Waals surface area contributed by atoms with Crippen molar-refractivity contribution in [2.24, 2.45) is 0 Å². The molecule has 3 nitrogen and oxygen atoms in total. The van der Waals surface area contributed by atoms with Gasteiger partial charge in [0.15, 0.2) is 5.13 Å². The highest BCUT2D eigenvalue weighted by atomic mass is 32.1. The molecule has 1 aromatic carbocycles. The van der Waals surface area contributed by atoms with E-state index in [9.17, 15) is 4.39 Å². The lowest BCUT2D eigenvalue weighted by atomic mass is 10.2. The SMILES string of the molecule is Cc1ccc(Nc2ncc(N)s2)cc1F. The minimum atomic E-state index is -0.232. The molecule has 15 heavy (non-hydrogen) atoms. The normalized spacial score (nSPS) is 10.3. The number of nitrogens with zero attached hydrogens (tertiary/aromatic N) is 1. The molecule has 0 aliphatic rings. The Morgan fingerprint density at radius 3 is 2.87 bits per heavy atom. The number of hydrogen-bond donors (Lipinski definition) is 2. The Morgan fingerprint density at radius 2 is 2.27 bits per heavy atom. The van der Waals surface area contributed by atoms with Crippen LogP contribution in [0.3, 0.4) is 0 Å². The summed E-state index contributed by atoms with van der Waals surface area (Å²) in [6.45, 7) is 1.72. The van der Waals surface area contributed by atoms with Gasteiger partial charge in [-0.05, 0) is 24.6 Å². The predicted molar refractivity (Wildman–Crippen MR) is 60.9 cm³/mol. The Bertz CT molecular complexity index is 481. The second-order valence-corrected chi connectivity index (χ2v) is 4.22. The van der Waals surface area contributed by atoms with Crippen LogP contribution in [0.4, 0.5) is 20.2 Å². The number of nitrogens with two attached hydrogens (primary N) is 1. The van der Waals surface area contributed by atoms with E-state index in [-0.39, 0.29) is 5.82 Å². The van der Waals surface area contributed by atoms with Crippen molar-refractivity contribution in [1.29, 1.82) is 0 Å². The van der Waals surface area contributed by atoms with Crippen LogP contribution in [0.15, 0.2) is 24.4 Å². The molecule has 0 saturated carbocycles. The van der Waals surface area contributed by atoms with Crippen molar-refractivity contribution in [3.8, 4) is 0 Å². The molecule has 2 rings (SSSR count). The van der Waals surface area contributed by atoms with Crippen molar-refractivity contribution in [2.75, 3.05) is 11.1 Å². The maximum absolute atomic E-state index is 13.2. The molecule has 5 heteroatoms. The molecule has 0 aliphatic heterocycles. The summed E-state index contributed by atoms with van der Waals surface area (Å²) < 4.78 is 13.2. The molecule has 0 radical (unpaired) electrons. The van der Waals surface area contributed by atoms with Crippen LogP contribution in [-0.2, 0) is 0 Å². The van der Waals surface area contributed by atoms with Crippen LogP contribution in [0.2, 0.25) is 0 Å². The van der Waals surface area contributed by atoms with Crippen LogP contribution in [0.1, 0.15) is 5.56 Å². The minimum Gasteiger partial charge on any atom is -0.389 e. The zero-order valence-corrected chi connectivity index (χ0v) is 8.94. The number of aryl methyl sites for hydroxylation is 1. The number of halogens is 1. The Balaban J connectivity index is 2.21. The molecule has 78 valence electrons. The quantitative estimate of drug-likeness (QED) is 0.823. The molecular weight excluding hydrogens is 213 g/mol. The molecule has 0 atom stereocenters. The highest BCUT2D eigenvalue weighted by Gasteiger charge is 2.02. The number of nitrogens with one attached hydrogen (secondary N) is 1. The second kappa shape index (κ2) is 3.86. The number of anilines is 3. The van der Waals surface area contributed by atoms with Crippen molar-refractivity contribution < 1.29 is 4.39 Å². The molecule has 3 N–H and O–H groups in total. The topological polar surface area (TPSA) is 50.9 Å². The lowest BCUT2D eigenvalue weighted by Crippen LogP contribution is -1.91. The third-order valence-electron chi connectivity index (χ3n) is 1.95. The van der Waals surface area contributed by atoms with Gasteiger partial charge in [0.1, 0.15) is 10.8 Å². The van der Waals surface area contributed by atoms with Crippen molar-refractivity contribution in [3.63, 3.8) is 0 Å². The van der Waals surface area contributed by atoms with Crippen LogP contribution >= 0.6 is 11.3 Å². The van der Waals surface area contributed by atoms with Crippen molar-refractivity contribution in [3.05, 3.63) is 35.8 Å². The van der Waals surface area contributed by atoms with E-state index < -0.39 is 0 Å². The summed E-state index contributed by atoms with van der Waals surface area (Å²) in [5.74, 6) is -0.232. The predicted octanol–water partition coefficient (Wildman–Crippen LogP) is 2.92. The summed E-state index contributed by atoms with van der Waals surface area (Å²) in [5, 5.41) is 4.27. The van der Waals surface area contributed by atoms with Crippen LogP contribution < -0.4 is 11.1 Å². The lowest BCUT2D eigenvalue weighted by molar-refractivity contribution is 0.619. The van der Waals surface area contributed by atoms with Gasteiger partial charge in [-0.1, -0.05) is 17.4 Å². The molecule has 0 bridgehead atoms. The van der Waals surface area contributed by atoms with Crippen LogP contribution in [0.5, 0.6) is 0 Å². The van der Waals surface area contributed by atoms with Crippen LogP contribution in [0, 0.1) is 12.7 Å². The molecule has 0 amide bonds. The zero-order chi connectivity index (χ0) is 10.8. The molecule has 1 aromatic heterocycles. The van der Waals surface area contributed by atoms with Crippen molar-refractivity contribution in [1.82, 2.24) is 4.98 Å². The molecule has 0 unspecified atom stereocenters. The van der Waals surface area contributed by atoms with Gasteiger partial charge in [-0.3, -0.25) is 0 Å². The van der Waals surface area contributed by atoms with E-state index in [1.54, 1.807) is 25.3 Å². The van der Waals surface area contributed by atoms with Crippen LogP contribution in [0.25, 0.3) is 0 Å². The number of aromatic nitrogens is 1. The largest absolute Gasteiger partial charge is 0.389 e. The average molecular weight is 223 g/mol. The highest BCUT2D eigenvalue weighted by Crippen LogP contribution is 2.24. The van der Waals surface area contributed by atoms with E-state index in [1.165, 1.54) is 17.4 Å². The monoisotopic (exact) mass is 223 g/mol. The van der Waals surface area contributed by atoms with E-state index in [1.807, 2.05) is 0 Å². The molecular formula is C10H10FN3S. The van der Waals surface area contributed by atoms with Crippen molar-refractivity contribution in [2.45, 2.75) is 6.92 Å². The van der Waals surface area contributed by atoms with Gasteiger partial charge in [0.25, 0.3) is 0 Å². The van der Waals surface area contributed by atoms with Gasteiger partial charge in [-0.15, -0.1) is 0 Å². The second-order valence-electron chi connectivity index (χ2n) is 3.16. The molecule has 2 aromatic rings. The standard InChI is InChI=1S/C10H10FN3S/c1-6-2-3-7(4-8(6)11)14-10-13-5-9(12)15-10/h2-5H,12H2,1H3,(H,13,14). The third kappa shape index (κ3) is 2.24. The van der Waals surface area contributed by atoms with E-state index in [4.69, 9.17) is 5.73 Å². The summed E-state index contributed by atoms with van der Waals surface area (Å²) >= 11 is 1.33. The van der Waals surface area contributed by atoms with E-state index >= 15 is 0 Å². The fourth-order valence-corrected chi connectivity index (χ4v) is 1.74. The highest BCUT2D eigenvalue weighted by molar-refractivity contribution is 7.19. The van der Waals surface area contributed by atoms with Gasteiger partial charge in [-0.2, -0.15) is 0 Å². The summed E-state index contributed by atoms with van der Waals surface area (Å²) in [6.07, 6.45) is 1.57.